The second-order valence-corrected chi connectivity index (χ2v) is 8.03. The molecule has 1 aliphatic rings. The Bertz CT molecular complexity index is 892. The molecule has 1 heterocycles. The molecule has 1 saturated heterocycles. The van der Waals surface area contributed by atoms with Crippen LogP contribution < -0.4 is 29.7 Å². The fourth-order valence-corrected chi connectivity index (χ4v) is 3.99. The largest absolute Gasteiger partial charge is 0.497 e. The number of aryl methyl sites for hydroxylation is 1. The van der Waals surface area contributed by atoms with E-state index in [1.807, 2.05) is 13.1 Å². The summed E-state index contributed by atoms with van der Waals surface area (Å²) < 4.78 is 16.3. The molecule has 2 aromatic rings. The van der Waals surface area contributed by atoms with Gasteiger partial charge in [0, 0.05) is 56.6 Å². The van der Waals surface area contributed by atoms with Crippen molar-refractivity contribution >= 4 is 35.6 Å². The number of guanidine groups is 1. The van der Waals surface area contributed by atoms with E-state index in [9.17, 15) is 0 Å². The zero-order chi connectivity index (χ0) is 22.9. The van der Waals surface area contributed by atoms with E-state index in [0.717, 1.165) is 73.4 Å². The number of nitrogens with zero attached hydrogens (tertiary/aromatic N) is 2. The molecule has 0 unspecified atom stereocenters. The van der Waals surface area contributed by atoms with Crippen molar-refractivity contribution in [3.05, 3.63) is 47.5 Å². The van der Waals surface area contributed by atoms with Gasteiger partial charge in [0.2, 0.25) is 0 Å². The lowest BCUT2D eigenvalue weighted by Crippen LogP contribution is -2.49. The van der Waals surface area contributed by atoms with E-state index < -0.39 is 0 Å². The first-order valence-corrected chi connectivity index (χ1v) is 11.1. The first kappa shape index (κ1) is 26.9. The molecule has 8 heteroatoms. The first-order valence-electron chi connectivity index (χ1n) is 11.1. The van der Waals surface area contributed by atoms with Crippen molar-refractivity contribution in [1.29, 1.82) is 0 Å². The van der Waals surface area contributed by atoms with Gasteiger partial charge in [0.25, 0.3) is 0 Å². The monoisotopic (exact) mass is 568 g/mol. The van der Waals surface area contributed by atoms with Crippen LogP contribution in [0.4, 0.5) is 5.69 Å². The van der Waals surface area contributed by atoms with Crippen LogP contribution in [0.15, 0.2) is 41.4 Å². The molecule has 3 rings (SSSR count). The standard InChI is InChI=1S/C25H36N4O3.HI/c1-18-6-7-19(14-24(18)32-5)8-11-27-25(26-2)28-20-9-12-29(13-10-20)21-15-22(30-3)17-23(16-21)31-4;/h6-7,14-17,20H,8-13H2,1-5H3,(H2,26,27,28);1H. The molecule has 0 spiro atoms. The number of hydrogen-bond donors (Lipinski definition) is 2. The quantitative estimate of drug-likeness (QED) is 0.285. The number of rotatable bonds is 8. The average Bonchev–Trinajstić information content (AvgIpc) is 2.84. The Morgan fingerprint density at radius 2 is 1.67 bits per heavy atom. The van der Waals surface area contributed by atoms with Crippen LogP contribution in [0.2, 0.25) is 0 Å². The van der Waals surface area contributed by atoms with Gasteiger partial charge in [-0.05, 0) is 43.4 Å². The number of anilines is 1. The maximum atomic E-state index is 5.43. The SMILES string of the molecule is CN=C(NCCc1ccc(C)c(OC)c1)NC1CCN(c2cc(OC)cc(OC)c2)CC1.I. The molecule has 2 aromatic carbocycles. The summed E-state index contributed by atoms with van der Waals surface area (Å²) in [7, 11) is 6.90. The summed E-state index contributed by atoms with van der Waals surface area (Å²) in [5.74, 6) is 3.42. The van der Waals surface area contributed by atoms with Crippen molar-refractivity contribution in [3.63, 3.8) is 0 Å². The van der Waals surface area contributed by atoms with Crippen molar-refractivity contribution in [2.45, 2.75) is 32.2 Å². The van der Waals surface area contributed by atoms with E-state index in [0.29, 0.717) is 6.04 Å². The van der Waals surface area contributed by atoms with Crippen LogP contribution in [0, 0.1) is 6.92 Å². The van der Waals surface area contributed by atoms with Gasteiger partial charge in [-0.2, -0.15) is 0 Å². The van der Waals surface area contributed by atoms with Gasteiger partial charge in [-0.1, -0.05) is 12.1 Å². The molecule has 33 heavy (non-hydrogen) atoms. The van der Waals surface area contributed by atoms with Gasteiger partial charge < -0.3 is 29.7 Å². The molecule has 7 nitrogen and oxygen atoms in total. The zero-order valence-corrected chi connectivity index (χ0v) is 22.6. The van der Waals surface area contributed by atoms with Gasteiger partial charge in [0.1, 0.15) is 17.2 Å². The van der Waals surface area contributed by atoms with E-state index >= 15 is 0 Å². The Morgan fingerprint density at radius 3 is 2.24 bits per heavy atom. The number of aliphatic imine (C=N–C) groups is 1. The van der Waals surface area contributed by atoms with E-state index in [-0.39, 0.29) is 24.0 Å². The fraction of sp³-hybridized carbons (Fsp3) is 0.480. The van der Waals surface area contributed by atoms with Crippen LogP contribution >= 0.6 is 24.0 Å². The smallest absolute Gasteiger partial charge is 0.191 e. The van der Waals surface area contributed by atoms with E-state index in [1.54, 1.807) is 21.3 Å². The number of halogens is 1. The van der Waals surface area contributed by atoms with Gasteiger partial charge in [0.15, 0.2) is 5.96 Å². The van der Waals surface area contributed by atoms with E-state index in [1.165, 1.54) is 5.56 Å². The molecule has 0 amide bonds. The Balaban J connectivity index is 0.00000385. The summed E-state index contributed by atoms with van der Waals surface area (Å²) in [5, 5.41) is 7.02. The maximum Gasteiger partial charge on any atom is 0.191 e. The number of methoxy groups -OCH3 is 3. The summed E-state index contributed by atoms with van der Waals surface area (Å²) in [5.41, 5.74) is 3.54. The normalized spacial score (nSPS) is 14.3. The highest BCUT2D eigenvalue weighted by Gasteiger charge is 2.21. The molecule has 0 aromatic heterocycles. The van der Waals surface area contributed by atoms with E-state index in [4.69, 9.17) is 14.2 Å². The minimum atomic E-state index is 0. The molecule has 0 bridgehead atoms. The number of benzene rings is 2. The Kier molecular flexibility index (Phi) is 10.9. The number of hydrogen-bond acceptors (Lipinski definition) is 5. The minimum absolute atomic E-state index is 0. The zero-order valence-electron chi connectivity index (χ0n) is 20.3. The molecule has 0 atom stereocenters. The van der Waals surface area contributed by atoms with Gasteiger partial charge in [-0.15, -0.1) is 24.0 Å². The van der Waals surface area contributed by atoms with Gasteiger partial charge in [-0.3, -0.25) is 4.99 Å². The molecule has 182 valence electrons. The first-order chi connectivity index (χ1) is 15.6. The topological polar surface area (TPSA) is 67.4 Å². The maximum absolute atomic E-state index is 5.43. The highest BCUT2D eigenvalue weighted by Crippen LogP contribution is 2.30. The number of piperidine rings is 1. The second kappa shape index (κ2) is 13.4. The molecular formula is C25H37IN4O3. The molecule has 0 saturated carbocycles. The second-order valence-electron chi connectivity index (χ2n) is 8.03. The van der Waals surface area contributed by atoms with Crippen molar-refractivity contribution in [3.8, 4) is 17.2 Å². The van der Waals surface area contributed by atoms with Crippen molar-refractivity contribution < 1.29 is 14.2 Å². The van der Waals surface area contributed by atoms with Crippen LogP contribution in [0.5, 0.6) is 17.2 Å². The van der Waals surface area contributed by atoms with Crippen LogP contribution in [0.25, 0.3) is 0 Å². The molecular weight excluding hydrogens is 531 g/mol. The van der Waals surface area contributed by atoms with E-state index in [2.05, 4.69) is 57.8 Å². The lowest BCUT2D eigenvalue weighted by Gasteiger charge is -2.34. The summed E-state index contributed by atoms with van der Waals surface area (Å²) in [6, 6.07) is 12.8. The predicted octanol–water partition coefficient (Wildman–Crippen LogP) is 4.02. The average molecular weight is 569 g/mol. The minimum Gasteiger partial charge on any atom is -0.497 e. The lowest BCUT2D eigenvalue weighted by molar-refractivity contribution is 0.393. The lowest BCUT2D eigenvalue weighted by atomic mass is 10.0. The third-order valence-corrected chi connectivity index (χ3v) is 5.94. The Morgan fingerprint density at radius 1 is 1.00 bits per heavy atom. The predicted molar refractivity (Wildman–Crippen MR) is 146 cm³/mol. The highest BCUT2D eigenvalue weighted by molar-refractivity contribution is 14.0. The molecule has 0 aliphatic carbocycles. The number of ether oxygens (including phenoxy) is 3. The van der Waals surface area contributed by atoms with Crippen molar-refractivity contribution in [2.75, 3.05) is 52.9 Å². The number of nitrogens with one attached hydrogen (secondary N) is 2. The van der Waals surface area contributed by atoms with Gasteiger partial charge >= 0.3 is 0 Å². The highest BCUT2D eigenvalue weighted by atomic mass is 127. The fourth-order valence-electron chi connectivity index (χ4n) is 3.99. The summed E-state index contributed by atoms with van der Waals surface area (Å²) in [6.07, 6.45) is 2.98. The Labute approximate surface area is 214 Å². The van der Waals surface area contributed by atoms with Gasteiger partial charge in [0.05, 0.1) is 21.3 Å². The van der Waals surface area contributed by atoms with Crippen molar-refractivity contribution in [2.24, 2.45) is 4.99 Å². The molecule has 0 radical (unpaired) electrons. The third kappa shape index (κ3) is 7.58. The van der Waals surface area contributed by atoms with Crippen LogP contribution in [-0.4, -0.2) is 60.0 Å². The molecule has 1 fully saturated rings. The summed E-state index contributed by atoms with van der Waals surface area (Å²) >= 11 is 0. The summed E-state index contributed by atoms with van der Waals surface area (Å²) in [4.78, 5) is 6.79. The Hall–Kier alpha value is -2.36. The third-order valence-electron chi connectivity index (χ3n) is 5.94. The molecule has 1 aliphatic heterocycles. The van der Waals surface area contributed by atoms with Gasteiger partial charge in [-0.25, -0.2) is 0 Å². The van der Waals surface area contributed by atoms with Crippen LogP contribution in [-0.2, 0) is 6.42 Å². The molecule has 2 N–H and O–H groups in total. The van der Waals surface area contributed by atoms with Crippen LogP contribution in [0.3, 0.4) is 0 Å². The van der Waals surface area contributed by atoms with Crippen molar-refractivity contribution in [1.82, 2.24) is 10.6 Å². The van der Waals surface area contributed by atoms with Crippen LogP contribution in [0.1, 0.15) is 24.0 Å². The summed E-state index contributed by atoms with van der Waals surface area (Å²) in [6.45, 7) is 4.80.